The second kappa shape index (κ2) is 5.54. The molecule has 0 aliphatic heterocycles. The van der Waals surface area contributed by atoms with Gasteiger partial charge in [-0.3, -0.25) is 0 Å². The molecule has 1 rings (SSSR count). The molecule has 0 heterocycles. The van der Waals surface area contributed by atoms with Crippen molar-refractivity contribution in [3.8, 4) is 0 Å². The van der Waals surface area contributed by atoms with Crippen molar-refractivity contribution in [1.82, 2.24) is 0 Å². The fourth-order valence-corrected chi connectivity index (χ4v) is 1.04. The average Bonchev–Trinajstić information content (AvgIpc) is 2.23. The van der Waals surface area contributed by atoms with Crippen LogP contribution in [0.2, 0.25) is 0 Å². The Morgan fingerprint density at radius 1 is 0.706 bits per heavy atom. The largest absolute Gasteiger partial charge is 0.319 e. The third-order valence-electron chi connectivity index (χ3n) is 1.85. The van der Waals surface area contributed by atoms with Crippen molar-refractivity contribution in [3.63, 3.8) is 0 Å². The van der Waals surface area contributed by atoms with Gasteiger partial charge in [0, 0.05) is 0 Å². The van der Waals surface area contributed by atoms with Crippen molar-refractivity contribution in [1.29, 1.82) is 0 Å². The van der Waals surface area contributed by atoms with Crippen molar-refractivity contribution in [2.75, 3.05) is 0 Å². The zero-order valence-corrected chi connectivity index (χ0v) is 8.60. The molecule has 0 saturated carbocycles. The summed E-state index contributed by atoms with van der Waals surface area (Å²) < 4.78 is 87.5. The maximum Gasteiger partial charge on any atom is 0.257 e. The normalized spacial score (nSPS) is 12.5. The smallest absolute Gasteiger partial charge is 0.257 e. The summed E-state index contributed by atoms with van der Waals surface area (Å²) in [5.74, 6) is -11.7. The number of alkyl halides is 2. The fraction of sp³-hybridized carbons (Fsp3) is 0.250. The van der Waals surface area contributed by atoms with Gasteiger partial charge in [0.05, 0.1) is 11.6 Å². The number of hydrogen-bond donors (Lipinski definition) is 1. The minimum Gasteiger partial charge on any atom is -0.319 e. The van der Waals surface area contributed by atoms with Crippen LogP contribution in [0.5, 0.6) is 0 Å². The van der Waals surface area contributed by atoms with Gasteiger partial charge in [-0.15, -0.1) is 12.4 Å². The standard InChI is InChI=1S/C8H4F7N.ClH/c9-2-1(7(16)8(14)15)3(10)5(12)6(13)4(2)11;/h7-8H,16H2;1H/t7-;/m1./s1. The molecule has 1 atom stereocenters. The zero-order valence-electron chi connectivity index (χ0n) is 7.79. The van der Waals surface area contributed by atoms with E-state index in [1.165, 1.54) is 0 Å². The van der Waals surface area contributed by atoms with E-state index in [0.29, 0.717) is 0 Å². The van der Waals surface area contributed by atoms with E-state index >= 15 is 0 Å². The van der Waals surface area contributed by atoms with Crippen molar-refractivity contribution in [2.24, 2.45) is 5.73 Å². The van der Waals surface area contributed by atoms with Crippen LogP contribution in [-0.2, 0) is 0 Å². The molecule has 0 fully saturated rings. The zero-order chi connectivity index (χ0) is 12.6. The van der Waals surface area contributed by atoms with Crippen LogP contribution in [0.25, 0.3) is 0 Å². The number of rotatable bonds is 2. The minimum absolute atomic E-state index is 0. The van der Waals surface area contributed by atoms with Crippen LogP contribution in [0.4, 0.5) is 30.7 Å². The quantitative estimate of drug-likeness (QED) is 0.504. The second-order valence-electron chi connectivity index (χ2n) is 2.84. The van der Waals surface area contributed by atoms with Gasteiger partial charge in [-0.1, -0.05) is 0 Å². The number of hydrogen-bond acceptors (Lipinski definition) is 1. The Morgan fingerprint density at radius 2 is 1.00 bits per heavy atom. The summed E-state index contributed by atoms with van der Waals surface area (Å²) in [6.45, 7) is 0. The Labute approximate surface area is 96.8 Å². The highest BCUT2D eigenvalue weighted by atomic mass is 35.5. The van der Waals surface area contributed by atoms with E-state index in [1.54, 1.807) is 0 Å². The predicted octanol–water partition coefficient (Wildman–Crippen LogP) is 3.07. The van der Waals surface area contributed by atoms with E-state index < -0.39 is 47.1 Å². The molecule has 98 valence electrons. The first kappa shape index (κ1) is 16.0. The Balaban J connectivity index is 0.00000256. The first-order valence-electron chi connectivity index (χ1n) is 3.84. The summed E-state index contributed by atoms with van der Waals surface area (Å²) in [5.41, 5.74) is 2.93. The van der Waals surface area contributed by atoms with E-state index in [2.05, 4.69) is 5.73 Å². The van der Waals surface area contributed by atoms with E-state index in [-0.39, 0.29) is 12.4 Å². The molecule has 0 aliphatic carbocycles. The Kier molecular flexibility index (Phi) is 5.21. The van der Waals surface area contributed by atoms with Gasteiger partial charge < -0.3 is 5.73 Å². The molecule has 9 heteroatoms. The highest BCUT2D eigenvalue weighted by Gasteiger charge is 2.32. The molecule has 0 spiro atoms. The van der Waals surface area contributed by atoms with Gasteiger partial charge >= 0.3 is 0 Å². The lowest BCUT2D eigenvalue weighted by atomic mass is 10.1. The summed E-state index contributed by atoms with van der Waals surface area (Å²) in [5, 5.41) is 0. The molecule has 17 heavy (non-hydrogen) atoms. The predicted molar refractivity (Wildman–Crippen MR) is 46.4 cm³/mol. The highest BCUT2D eigenvalue weighted by Crippen LogP contribution is 2.29. The highest BCUT2D eigenvalue weighted by molar-refractivity contribution is 5.85. The van der Waals surface area contributed by atoms with E-state index in [0.717, 1.165) is 0 Å². The molecular formula is C8H5ClF7N. The molecule has 0 unspecified atom stereocenters. The monoisotopic (exact) mass is 283 g/mol. The van der Waals surface area contributed by atoms with Gasteiger partial charge in [-0.05, 0) is 0 Å². The fourth-order valence-electron chi connectivity index (χ4n) is 1.04. The molecule has 0 radical (unpaired) electrons. The van der Waals surface area contributed by atoms with E-state index in [4.69, 9.17) is 0 Å². The third-order valence-corrected chi connectivity index (χ3v) is 1.85. The molecule has 0 amide bonds. The molecule has 0 aliphatic rings. The lowest BCUT2D eigenvalue weighted by molar-refractivity contribution is 0.112. The maximum atomic E-state index is 12.9. The van der Waals surface area contributed by atoms with Crippen molar-refractivity contribution in [2.45, 2.75) is 12.5 Å². The molecule has 2 N–H and O–H groups in total. The first-order valence-corrected chi connectivity index (χ1v) is 3.84. The maximum absolute atomic E-state index is 12.9. The minimum atomic E-state index is -3.45. The van der Waals surface area contributed by atoms with Crippen molar-refractivity contribution >= 4 is 12.4 Å². The number of benzene rings is 1. The summed E-state index contributed by atoms with van der Waals surface area (Å²) in [7, 11) is 0. The lowest BCUT2D eigenvalue weighted by Gasteiger charge is -2.14. The molecule has 1 nitrogen and oxygen atoms in total. The van der Waals surface area contributed by atoms with Gasteiger partial charge in [0.1, 0.15) is 0 Å². The molecule has 0 bridgehead atoms. The van der Waals surface area contributed by atoms with Gasteiger partial charge in [-0.25, -0.2) is 30.7 Å². The molecule has 0 aromatic heterocycles. The van der Waals surface area contributed by atoms with E-state index in [9.17, 15) is 30.7 Å². The number of halogens is 8. The van der Waals surface area contributed by atoms with Gasteiger partial charge in [0.25, 0.3) is 6.43 Å². The van der Waals surface area contributed by atoms with Crippen LogP contribution in [-0.4, -0.2) is 6.43 Å². The van der Waals surface area contributed by atoms with Crippen LogP contribution >= 0.6 is 12.4 Å². The molecule has 0 saturated heterocycles. The van der Waals surface area contributed by atoms with Crippen LogP contribution in [0.15, 0.2) is 0 Å². The lowest BCUT2D eigenvalue weighted by Crippen LogP contribution is -2.24. The number of nitrogens with two attached hydrogens (primary N) is 1. The Hall–Kier alpha value is -1.02. The van der Waals surface area contributed by atoms with Crippen LogP contribution in [0, 0.1) is 29.1 Å². The van der Waals surface area contributed by atoms with Crippen molar-refractivity contribution < 1.29 is 30.7 Å². The van der Waals surface area contributed by atoms with Crippen LogP contribution in [0.3, 0.4) is 0 Å². The third kappa shape index (κ3) is 2.63. The van der Waals surface area contributed by atoms with Crippen LogP contribution < -0.4 is 5.73 Å². The molecular weight excluding hydrogens is 279 g/mol. The first-order chi connectivity index (χ1) is 7.29. The van der Waals surface area contributed by atoms with Gasteiger partial charge in [0.15, 0.2) is 23.3 Å². The topological polar surface area (TPSA) is 26.0 Å². The molecule has 1 aromatic rings. The van der Waals surface area contributed by atoms with Gasteiger partial charge in [0.2, 0.25) is 5.82 Å². The summed E-state index contributed by atoms with van der Waals surface area (Å²) in [6, 6.07) is -2.58. The SMILES string of the molecule is Cl.N[C@H](c1c(F)c(F)c(F)c(F)c1F)C(F)F. The van der Waals surface area contributed by atoms with Crippen LogP contribution in [0.1, 0.15) is 11.6 Å². The summed E-state index contributed by atoms with van der Waals surface area (Å²) in [6.07, 6.45) is -3.45. The van der Waals surface area contributed by atoms with E-state index in [1.807, 2.05) is 0 Å². The Morgan fingerprint density at radius 3 is 1.29 bits per heavy atom. The second-order valence-corrected chi connectivity index (χ2v) is 2.84. The summed E-state index contributed by atoms with van der Waals surface area (Å²) in [4.78, 5) is 0. The average molecular weight is 284 g/mol. The molecule has 1 aromatic carbocycles. The van der Waals surface area contributed by atoms with Gasteiger partial charge in [-0.2, -0.15) is 0 Å². The Bertz CT molecular complexity index is 394. The van der Waals surface area contributed by atoms with Crippen molar-refractivity contribution in [3.05, 3.63) is 34.6 Å². The summed E-state index contributed by atoms with van der Waals surface area (Å²) >= 11 is 0.